The van der Waals surface area contributed by atoms with Crippen molar-refractivity contribution < 1.29 is 0 Å². The van der Waals surface area contributed by atoms with Gasteiger partial charge in [0.25, 0.3) is 0 Å². The number of nitrogens with zero attached hydrogens (tertiary/aromatic N) is 1. The third kappa shape index (κ3) is 3.34. The molecule has 0 amide bonds. The second-order valence-electron chi connectivity index (χ2n) is 2.64. The SMILES string of the molecule is NC(N)=Nc1ccc(CCCl)cc1. The van der Waals surface area contributed by atoms with E-state index in [4.69, 9.17) is 23.1 Å². The number of nitrogens with two attached hydrogens (primary N) is 2. The molecule has 1 aromatic carbocycles. The van der Waals surface area contributed by atoms with E-state index in [0.29, 0.717) is 5.88 Å². The summed E-state index contributed by atoms with van der Waals surface area (Å²) in [6.07, 6.45) is 0.865. The molecule has 0 aliphatic heterocycles. The maximum atomic E-state index is 5.59. The first-order chi connectivity index (χ1) is 6.22. The molecule has 0 aliphatic rings. The first-order valence-corrected chi connectivity index (χ1v) is 4.50. The van der Waals surface area contributed by atoms with Crippen molar-refractivity contribution in [2.45, 2.75) is 6.42 Å². The summed E-state index contributed by atoms with van der Waals surface area (Å²) in [5.74, 6) is 0.701. The lowest BCUT2D eigenvalue weighted by Crippen LogP contribution is -2.21. The molecule has 0 aromatic heterocycles. The van der Waals surface area contributed by atoms with Crippen LogP contribution in [-0.4, -0.2) is 11.8 Å². The quantitative estimate of drug-likeness (QED) is 0.437. The summed E-state index contributed by atoms with van der Waals surface area (Å²) in [7, 11) is 0. The lowest BCUT2D eigenvalue weighted by Gasteiger charge is -1.98. The van der Waals surface area contributed by atoms with E-state index in [1.165, 1.54) is 5.56 Å². The van der Waals surface area contributed by atoms with Crippen LogP contribution < -0.4 is 11.5 Å². The van der Waals surface area contributed by atoms with Crippen molar-refractivity contribution in [3.05, 3.63) is 29.8 Å². The van der Waals surface area contributed by atoms with Crippen LogP contribution >= 0.6 is 11.6 Å². The maximum absolute atomic E-state index is 5.59. The van der Waals surface area contributed by atoms with E-state index < -0.39 is 0 Å². The molecule has 0 saturated carbocycles. The van der Waals surface area contributed by atoms with Crippen molar-refractivity contribution in [2.24, 2.45) is 16.5 Å². The normalized spacial score (nSPS) is 9.62. The van der Waals surface area contributed by atoms with E-state index in [1.807, 2.05) is 24.3 Å². The highest BCUT2D eigenvalue weighted by Gasteiger charge is 1.92. The van der Waals surface area contributed by atoms with Crippen LogP contribution in [0.15, 0.2) is 29.3 Å². The molecule has 1 aromatic rings. The van der Waals surface area contributed by atoms with Crippen molar-refractivity contribution >= 4 is 23.2 Å². The second-order valence-corrected chi connectivity index (χ2v) is 3.02. The Kier molecular flexibility index (Phi) is 3.58. The van der Waals surface area contributed by atoms with Crippen molar-refractivity contribution in [1.29, 1.82) is 0 Å². The van der Waals surface area contributed by atoms with Crippen LogP contribution in [0.5, 0.6) is 0 Å². The number of halogens is 1. The van der Waals surface area contributed by atoms with Crippen molar-refractivity contribution in [3.63, 3.8) is 0 Å². The lowest BCUT2D eigenvalue weighted by molar-refractivity contribution is 1.15. The fourth-order valence-corrected chi connectivity index (χ4v) is 1.21. The number of hydrogen-bond donors (Lipinski definition) is 2. The number of benzene rings is 1. The summed E-state index contributed by atoms with van der Waals surface area (Å²) in [5, 5.41) is 0. The van der Waals surface area contributed by atoms with Crippen molar-refractivity contribution in [2.75, 3.05) is 5.88 Å². The predicted octanol–water partition coefficient (Wildman–Crippen LogP) is 1.37. The minimum Gasteiger partial charge on any atom is -0.370 e. The molecule has 0 heterocycles. The van der Waals surface area contributed by atoms with E-state index in [2.05, 4.69) is 4.99 Å². The summed E-state index contributed by atoms with van der Waals surface area (Å²) in [6.45, 7) is 0. The highest BCUT2D eigenvalue weighted by Crippen LogP contribution is 2.13. The molecule has 0 spiro atoms. The average Bonchev–Trinajstić information content (AvgIpc) is 2.08. The third-order valence-electron chi connectivity index (χ3n) is 1.58. The highest BCUT2D eigenvalue weighted by atomic mass is 35.5. The molecule has 0 aliphatic carbocycles. The Balaban J connectivity index is 2.75. The van der Waals surface area contributed by atoms with Gasteiger partial charge in [0.05, 0.1) is 5.69 Å². The van der Waals surface area contributed by atoms with Crippen LogP contribution in [0.4, 0.5) is 5.69 Å². The molecule has 4 heteroatoms. The molecule has 0 saturated heterocycles. The Morgan fingerprint density at radius 1 is 1.23 bits per heavy atom. The Bertz CT molecular complexity index is 288. The van der Waals surface area contributed by atoms with Gasteiger partial charge in [0.2, 0.25) is 0 Å². The Morgan fingerprint density at radius 2 is 1.85 bits per heavy atom. The fraction of sp³-hybridized carbons (Fsp3) is 0.222. The largest absolute Gasteiger partial charge is 0.370 e. The average molecular weight is 198 g/mol. The summed E-state index contributed by atoms with van der Waals surface area (Å²) >= 11 is 5.59. The van der Waals surface area contributed by atoms with Gasteiger partial charge in [-0.2, -0.15) is 0 Å². The van der Waals surface area contributed by atoms with Gasteiger partial charge in [0.1, 0.15) is 0 Å². The standard InChI is InChI=1S/C9H12ClN3/c10-6-5-7-1-3-8(4-2-7)13-9(11)12/h1-4H,5-6H2,(H4,11,12,13). The predicted molar refractivity (Wildman–Crippen MR) is 56.3 cm³/mol. The van der Waals surface area contributed by atoms with E-state index in [-0.39, 0.29) is 5.96 Å². The zero-order valence-corrected chi connectivity index (χ0v) is 7.96. The van der Waals surface area contributed by atoms with E-state index in [0.717, 1.165) is 12.1 Å². The van der Waals surface area contributed by atoms with Gasteiger partial charge >= 0.3 is 0 Å². The molecule has 3 nitrogen and oxygen atoms in total. The zero-order valence-electron chi connectivity index (χ0n) is 7.20. The zero-order chi connectivity index (χ0) is 9.68. The molecule has 1 rings (SSSR count). The molecular weight excluding hydrogens is 186 g/mol. The molecular formula is C9H12ClN3. The van der Waals surface area contributed by atoms with Crippen LogP contribution in [0.25, 0.3) is 0 Å². The van der Waals surface area contributed by atoms with Crippen LogP contribution in [0.1, 0.15) is 5.56 Å². The molecule has 13 heavy (non-hydrogen) atoms. The van der Waals surface area contributed by atoms with Crippen LogP contribution in [0, 0.1) is 0 Å². The summed E-state index contributed by atoms with van der Waals surface area (Å²) in [5.41, 5.74) is 12.4. The van der Waals surface area contributed by atoms with E-state index in [9.17, 15) is 0 Å². The summed E-state index contributed by atoms with van der Waals surface area (Å²) in [4.78, 5) is 3.90. The van der Waals surface area contributed by atoms with Crippen LogP contribution in [-0.2, 0) is 6.42 Å². The van der Waals surface area contributed by atoms with Crippen LogP contribution in [0.2, 0.25) is 0 Å². The maximum Gasteiger partial charge on any atom is 0.191 e. The number of aliphatic imine (C=N–C) groups is 1. The van der Waals surface area contributed by atoms with Gasteiger partial charge in [0, 0.05) is 5.88 Å². The van der Waals surface area contributed by atoms with Gasteiger partial charge in [0.15, 0.2) is 5.96 Å². The van der Waals surface area contributed by atoms with Crippen LogP contribution in [0.3, 0.4) is 0 Å². The molecule has 4 N–H and O–H groups in total. The highest BCUT2D eigenvalue weighted by molar-refractivity contribution is 6.17. The van der Waals surface area contributed by atoms with Crippen molar-refractivity contribution in [3.8, 4) is 0 Å². The Hall–Kier alpha value is -1.22. The van der Waals surface area contributed by atoms with Gasteiger partial charge in [-0.1, -0.05) is 12.1 Å². The Labute approximate surface area is 82.4 Å². The molecule has 0 fully saturated rings. The Morgan fingerprint density at radius 3 is 2.31 bits per heavy atom. The number of alkyl halides is 1. The first kappa shape index (κ1) is 9.86. The molecule has 0 atom stereocenters. The van der Waals surface area contributed by atoms with Gasteiger partial charge in [-0.05, 0) is 24.1 Å². The topological polar surface area (TPSA) is 64.4 Å². The number of rotatable bonds is 3. The van der Waals surface area contributed by atoms with Gasteiger partial charge in [-0.25, -0.2) is 4.99 Å². The van der Waals surface area contributed by atoms with Gasteiger partial charge in [-0.15, -0.1) is 11.6 Å². The lowest BCUT2D eigenvalue weighted by atomic mass is 10.1. The third-order valence-corrected chi connectivity index (χ3v) is 1.77. The van der Waals surface area contributed by atoms with E-state index in [1.54, 1.807) is 0 Å². The molecule has 0 bridgehead atoms. The van der Waals surface area contributed by atoms with Gasteiger partial charge in [-0.3, -0.25) is 0 Å². The first-order valence-electron chi connectivity index (χ1n) is 3.97. The number of guanidine groups is 1. The summed E-state index contributed by atoms with van der Waals surface area (Å²) < 4.78 is 0. The fourth-order valence-electron chi connectivity index (χ4n) is 0.995. The number of aryl methyl sites for hydroxylation is 1. The minimum atomic E-state index is 0.0742. The van der Waals surface area contributed by atoms with Gasteiger partial charge < -0.3 is 11.5 Å². The van der Waals surface area contributed by atoms with E-state index >= 15 is 0 Å². The smallest absolute Gasteiger partial charge is 0.191 e. The van der Waals surface area contributed by atoms with Crippen molar-refractivity contribution in [1.82, 2.24) is 0 Å². The molecule has 0 unspecified atom stereocenters. The minimum absolute atomic E-state index is 0.0742. The molecule has 70 valence electrons. The molecule has 0 radical (unpaired) electrons. The summed E-state index contributed by atoms with van der Waals surface area (Å²) in [6, 6.07) is 7.65. The number of hydrogen-bond acceptors (Lipinski definition) is 1. The monoisotopic (exact) mass is 197 g/mol. The second kappa shape index (κ2) is 4.72.